The second kappa shape index (κ2) is 9.59. The third-order valence-electron chi connectivity index (χ3n) is 5.03. The van der Waals surface area contributed by atoms with Crippen LogP contribution in [0.2, 0.25) is 0 Å². The van der Waals surface area contributed by atoms with Gasteiger partial charge >= 0.3 is 0 Å². The van der Waals surface area contributed by atoms with Crippen molar-refractivity contribution < 1.29 is 18.7 Å². The molecule has 7 N–H and O–H groups in total. The van der Waals surface area contributed by atoms with Crippen molar-refractivity contribution in [1.82, 2.24) is 20.9 Å². The Balaban J connectivity index is 1.72. The monoisotopic (exact) mass is 464 g/mol. The number of carbonyl (C=O) groups is 1. The molecule has 1 aliphatic heterocycles. The Kier molecular flexibility index (Phi) is 7.06. The zero-order valence-corrected chi connectivity index (χ0v) is 17.9. The summed E-state index contributed by atoms with van der Waals surface area (Å²) in [7, 11) is 1.66. The van der Waals surface area contributed by atoms with Crippen LogP contribution in [0.4, 0.5) is 8.78 Å². The van der Waals surface area contributed by atoms with Crippen molar-refractivity contribution in [3.8, 4) is 5.75 Å². The van der Waals surface area contributed by atoms with E-state index in [1.54, 1.807) is 7.05 Å². The SMILES string of the molecule is CNC1(NC(=O)c2[nH]cc(C(=N)SC(=N)Cc3ccc(F)cc3F)c(=O)c2O)CCCN1. The number of pyridine rings is 1. The first-order chi connectivity index (χ1) is 15.2. The smallest absolute Gasteiger partial charge is 0.274 e. The second-order valence-electron chi connectivity index (χ2n) is 7.16. The van der Waals surface area contributed by atoms with Crippen LogP contribution in [0, 0.1) is 22.5 Å². The molecule has 0 radical (unpaired) electrons. The summed E-state index contributed by atoms with van der Waals surface area (Å²) in [5.74, 6) is -3.98. The number of aromatic amines is 1. The van der Waals surface area contributed by atoms with Gasteiger partial charge < -0.3 is 15.4 Å². The van der Waals surface area contributed by atoms with Crippen molar-refractivity contribution in [3.63, 3.8) is 0 Å². The van der Waals surface area contributed by atoms with Gasteiger partial charge in [0.05, 0.1) is 10.6 Å². The highest BCUT2D eigenvalue weighted by Gasteiger charge is 2.34. The Morgan fingerprint density at radius 1 is 1.34 bits per heavy atom. The van der Waals surface area contributed by atoms with Gasteiger partial charge in [-0.1, -0.05) is 17.8 Å². The van der Waals surface area contributed by atoms with Crippen molar-refractivity contribution >= 4 is 27.8 Å². The third-order valence-corrected chi connectivity index (χ3v) is 5.84. The van der Waals surface area contributed by atoms with Crippen LogP contribution >= 0.6 is 11.8 Å². The molecule has 0 bridgehead atoms. The van der Waals surface area contributed by atoms with Crippen LogP contribution in [0.5, 0.6) is 5.75 Å². The van der Waals surface area contributed by atoms with E-state index >= 15 is 0 Å². The third kappa shape index (κ3) is 5.03. The average molecular weight is 464 g/mol. The maximum Gasteiger partial charge on any atom is 0.274 e. The van der Waals surface area contributed by atoms with Crippen LogP contribution in [0.25, 0.3) is 0 Å². The zero-order valence-electron chi connectivity index (χ0n) is 17.1. The molecule has 1 saturated heterocycles. The van der Waals surface area contributed by atoms with E-state index in [1.165, 1.54) is 6.07 Å². The van der Waals surface area contributed by atoms with Gasteiger partial charge in [-0.15, -0.1) is 0 Å². The predicted molar refractivity (Wildman–Crippen MR) is 117 cm³/mol. The van der Waals surface area contributed by atoms with Gasteiger partial charge in [0.2, 0.25) is 5.43 Å². The van der Waals surface area contributed by atoms with E-state index in [2.05, 4.69) is 20.9 Å². The lowest BCUT2D eigenvalue weighted by Gasteiger charge is -2.30. The van der Waals surface area contributed by atoms with Crippen molar-refractivity contribution in [2.45, 2.75) is 25.0 Å². The van der Waals surface area contributed by atoms with E-state index in [-0.39, 0.29) is 33.3 Å². The highest BCUT2D eigenvalue weighted by atomic mass is 32.2. The first-order valence-electron chi connectivity index (χ1n) is 9.65. The largest absolute Gasteiger partial charge is 0.503 e. The number of aromatic hydroxyl groups is 1. The average Bonchev–Trinajstić information content (AvgIpc) is 3.20. The van der Waals surface area contributed by atoms with Gasteiger partial charge in [0, 0.05) is 18.7 Å². The Morgan fingerprint density at radius 2 is 2.09 bits per heavy atom. The molecule has 1 aromatic heterocycles. The molecule has 1 unspecified atom stereocenters. The molecule has 2 heterocycles. The maximum absolute atomic E-state index is 13.8. The number of halogens is 2. The van der Waals surface area contributed by atoms with E-state index in [9.17, 15) is 23.5 Å². The van der Waals surface area contributed by atoms with Crippen LogP contribution < -0.4 is 21.4 Å². The summed E-state index contributed by atoms with van der Waals surface area (Å²) in [4.78, 5) is 27.7. The van der Waals surface area contributed by atoms with E-state index in [4.69, 9.17) is 10.8 Å². The molecule has 1 amide bonds. The van der Waals surface area contributed by atoms with E-state index in [0.29, 0.717) is 30.8 Å². The van der Waals surface area contributed by atoms with Crippen LogP contribution in [0.15, 0.2) is 29.2 Å². The molecule has 32 heavy (non-hydrogen) atoms. The molecule has 0 saturated carbocycles. The van der Waals surface area contributed by atoms with Crippen molar-refractivity contribution in [1.29, 1.82) is 10.8 Å². The molecule has 3 rings (SSSR count). The summed E-state index contributed by atoms with van der Waals surface area (Å²) >= 11 is 0.581. The van der Waals surface area contributed by atoms with Crippen molar-refractivity contribution in [2.24, 2.45) is 0 Å². The van der Waals surface area contributed by atoms with Gasteiger partial charge in [-0.25, -0.2) is 8.78 Å². The first kappa shape index (κ1) is 23.6. The summed E-state index contributed by atoms with van der Waals surface area (Å²) in [6.07, 6.45) is 2.33. The molecule has 1 aliphatic rings. The molecule has 1 fully saturated rings. The Morgan fingerprint density at radius 3 is 2.72 bits per heavy atom. The molecular weight excluding hydrogens is 442 g/mol. The minimum absolute atomic E-state index is 0.0689. The lowest BCUT2D eigenvalue weighted by Crippen LogP contribution is -2.63. The van der Waals surface area contributed by atoms with Crippen LogP contribution in [-0.4, -0.2) is 45.5 Å². The Hall–Kier alpha value is -3.09. The highest BCUT2D eigenvalue weighted by Crippen LogP contribution is 2.20. The number of hydrogen-bond acceptors (Lipinski definition) is 8. The maximum atomic E-state index is 13.8. The quantitative estimate of drug-likeness (QED) is 0.196. The molecule has 9 nitrogen and oxygen atoms in total. The number of aromatic nitrogens is 1. The van der Waals surface area contributed by atoms with Gasteiger partial charge in [-0.2, -0.15) is 0 Å². The molecule has 12 heteroatoms. The molecule has 170 valence electrons. The lowest BCUT2D eigenvalue weighted by atomic mass is 10.1. The second-order valence-corrected chi connectivity index (χ2v) is 8.27. The highest BCUT2D eigenvalue weighted by molar-refractivity contribution is 8.26. The summed E-state index contributed by atoms with van der Waals surface area (Å²) < 4.78 is 26.8. The fourth-order valence-corrected chi connectivity index (χ4v) is 4.03. The minimum atomic E-state index is -0.954. The van der Waals surface area contributed by atoms with Gasteiger partial charge in [0.25, 0.3) is 5.91 Å². The Labute approximate surface area is 186 Å². The summed E-state index contributed by atoms with van der Waals surface area (Å²) in [5, 5.41) is 34.6. The fourth-order valence-electron chi connectivity index (χ4n) is 3.30. The van der Waals surface area contributed by atoms with Crippen molar-refractivity contribution in [2.75, 3.05) is 13.6 Å². The molecule has 1 aromatic carbocycles. The van der Waals surface area contributed by atoms with Crippen LogP contribution in [-0.2, 0) is 6.42 Å². The van der Waals surface area contributed by atoms with Gasteiger partial charge in [-0.05, 0) is 38.1 Å². The molecule has 0 aliphatic carbocycles. The standard InChI is InChI=1S/C20H22F2N6O3S/c1-25-20(5-2-6-27-20)28-19(31)15-17(30)16(29)12(9-26-15)18(24)32-14(23)7-10-3-4-11(21)8-13(10)22/h3-4,8-9,23-25,27,30H,2,5-7H2,1H3,(H,26,29)(H,28,31). The lowest BCUT2D eigenvalue weighted by molar-refractivity contribution is 0.0859. The first-order valence-corrected chi connectivity index (χ1v) is 10.5. The van der Waals surface area contributed by atoms with Crippen LogP contribution in [0.1, 0.15) is 34.5 Å². The van der Waals surface area contributed by atoms with Gasteiger partial charge in [0.1, 0.15) is 22.5 Å². The number of carbonyl (C=O) groups excluding carboxylic acids is 1. The van der Waals surface area contributed by atoms with E-state index < -0.39 is 34.5 Å². The number of benzene rings is 1. The molecule has 1 atom stereocenters. The van der Waals surface area contributed by atoms with E-state index in [0.717, 1.165) is 18.7 Å². The number of nitrogens with one attached hydrogen (secondary N) is 6. The van der Waals surface area contributed by atoms with Gasteiger partial charge in [0.15, 0.2) is 11.4 Å². The minimum Gasteiger partial charge on any atom is -0.503 e. The number of H-pyrrole nitrogens is 1. The topological polar surface area (TPSA) is 154 Å². The number of thioether (sulfide) groups is 1. The summed E-state index contributed by atoms with van der Waals surface area (Å²) in [5.41, 5.74) is -1.50. The van der Waals surface area contributed by atoms with Crippen LogP contribution in [0.3, 0.4) is 0 Å². The molecule has 2 aromatic rings. The number of rotatable bonds is 6. The molecule has 0 spiro atoms. The summed E-state index contributed by atoms with van der Waals surface area (Å²) in [6.45, 7) is 0.685. The Bertz CT molecular complexity index is 1130. The zero-order chi connectivity index (χ0) is 23.5. The summed E-state index contributed by atoms with van der Waals surface area (Å²) in [6, 6.07) is 2.96. The number of hydrogen-bond donors (Lipinski definition) is 7. The van der Waals surface area contributed by atoms with E-state index in [1.807, 2.05) is 0 Å². The van der Waals surface area contributed by atoms with Crippen molar-refractivity contribution in [3.05, 3.63) is 63.1 Å². The fraction of sp³-hybridized carbons (Fsp3) is 0.300. The number of amides is 1. The normalized spacial score (nSPS) is 17.8. The molecular formula is C20H22F2N6O3S. The van der Waals surface area contributed by atoms with Gasteiger partial charge in [-0.3, -0.25) is 31.0 Å². The predicted octanol–water partition coefficient (Wildman–Crippen LogP) is 1.62.